The molecule has 2 aromatic rings. The van der Waals surface area contributed by atoms with E-state index in [4.69, 9.17) is 0 Å². The molecule has 0 saturated carbocycles. The Morgan fingerprint density at radius 1 is 1.38 bits per heavy atom. The van der Waals surface area contributed by atoms with Crippen molar-refractivity contribution in [1.29, 1.82) is 0 Å². The van der Waals surface area contributed by atoms with Gasteiger partial charge in [-0.15, -0.1) is 0 Å². The van der Waals surface area contributed by atoms with Crippen LogP contribution in [0.2, 0.25) is 0 Å². The number of nitrogens with zero attached hydrogens (tertiary/aromatic N) is 1. The molecule has 2 rings (SSSR count). The molecule has 112 valence electrons. The van der Waals surface area contributed by atoms with Gasteiger partial charge in [-0.05, 0) is 41.4 Å². The van der Waals surface area contributed by atoms with Crippen LogP contribution < -0.4 is 5.32 Å². The van der Waals surface area contributed by atoms with Gasteiger partial charge in [0.25, 0.3) is 5.91 Å². The fourth-order valence-electron chi connectivity index (χ4n) is 2.25. The molecule has 1 amide bonds. The highest BCUT2D eigenvalue weighted by molar-refractivity contribution is 9.10. The smallest absolute Gasteiger partial charge is 0.268 e. The number of aryl methyl sites for hydroxylation is 1. The van der Waals surface area contributed by atoms with Crippen LogP contribution in [0.5, 0.6) is 0 Å². The van der Waals surface area contributed by atoms with E-state index >= 15 is 0 Å². The molecule has 0 aliphatic carbocycles. The Labute approximate surface area is 132 Å². The van der Waals surface area contributed by atoms with Gasteiger partial charge in [-0.25, -0.2) is 0 Å². The zero-order valence-corrected chi connectivity index (χ0v) is 13.7. The summed E-state index contributed by atoms with van der Waals surface area (Å²) in [4.78, 5) is 12.5. The summed E-state index contributed by atoms with van der Waals surface area (Å²) in [5, 5.41) is 12.7. The van der Waals surface area contributed by atoms with Crippen molar-refractivity contribution < 1.29 is 9.90 Å². The number of benzene rings is 1. The maximum absolute atomic E-state index is 12.5. The standard InChI is InChI=1S/C16H19BrN2O2/c1-3-19-10-13(17)9-14(19)15(21)18-16(2,11-20)12-7-5-4-6-8-12/h4-10,20H,3,11H2,1-2H3,(H,18,21). The monoisotopic (exact) mass is 350 g/mol. The van der Waals surface area contributed by atoms with Gasteiger partial charge < -0.3 is 15.0 Å². The SMILES string of the molecule is CCn1cc(Br)cc1C(=O)NC(C)(CO)c1ccccc1. The van der Waals surface area contributed by atoms with Crippen LogP contribution in [0.4, 0.5) is 0 Å². The van der Waals surface area contributed by atoms with E-state index < -0.39 is 5.54 Å². The van der Waals surface area contributed by atoms with Crippen molar-refractivity contribution in [2.45, 2.75) is 25.9 Å². The van der Waals surface area contributed by atoms with E-state index in [1.807, 2.05) is 54.9 Å². The summed E-state index contributed by atoms with van der Waals surface area (Å²) in [6.45, 7) is 4.33. The number of aliphatic hydroxyl groups is 1. The average Bonchev–Trinajstić information content (AvgIpc) is 2.89. The Bertz CT molecular complexity index is 624. The highest BCUT2D eigenvalue weighted by Gasteiger charge is 2.29. The molecule has 0 bridgehead atoms. The van der Waals surface area contributed by atoms with E-state index in [0.717, 1.165) is 10.0 Å². The van der Waals surface area contributed by atoms with Gasteiger partial charge in [0.15, 0.2) is 0 Å². The van der Waals surface area contributed by atoms with Crippen molar-refractivity contribution in [3.05, 3.63) is 58.3 Å². The molecule has 0 aliphatic rings. The molecule has 1 aromatic carbocycles. The molecule has 21 heavy (non-hydrogen) atoms. The maximum Gasteiger partial charge on any atom is 0.268 e. The summed E-state index contributed by atoms with van der Waals surface area (Å²) in [7, 11) is 0. The lowest BCUT2D eigenvalue weighted by Gasteiger charge is -2.29. The van der Waals surface area contributed by atoms with Crippen LogP contribution in [-0.2, 0) is 12.1 Å². The number of halogens is 1. The highest BCUT2D eigenvalue weighted by Crippen LogP contribution is 2.22. The summed E-state index contributed by atoms with van der Waals surface area (Å²) < 4.78 is 2.72. The molecule has 4 nitrogen and oxygen atoms in total. The molecule has 0 saturated heterocycles. The predicted octanol–water partition coefficient (Wildman–Crippen LogP) is 2.91. The van der Waals surface area contributed by atoms with Gasteiger partial charge in [0.1, 0.15) is 5.69 Å². The normalized spacial score (nSPS) is 13.7. The van der Waals surface area contributed by atoms with Crippen molar-refractivity contribution in [3.63, 3.8) is 0 Å². The van der Waals surface area contributed by atoms with Gasteiger partial charge in [-0.2, -0.15) is 0 Å². The maximum atomic E-state index is 12.5. The third-order valence-corrected chi connectivity index (χ3v) is 3.99. The summed E-state index contributed by atoms with van der Waals surface area (Å²) in [5.41, 5.74) is 0.628. The Morgan fingerprint density at radius 3 is 2.62 bits per heavy atom. The first-order chi connectivity index (χ1) is 10.00. The first-order valence-electron chi connectivity index (χ1n) is 6.84. The van der Waals surface area contributed by atoms with E-state index in [1.165, 1.54) is 0 Å². The second kappa shape index (κ2) is 6.45. The van der Waals surface area contributed by atoms with E-state index in [9.17, 15) is 9.90 Å². The van der Waals surface area contributed by atoms with Gasteiger partial charge in [0.05, 0.1) is 12.1 Å². The van der Waals surface area contributed by atoms with Crippen molar-refractivity contribution in [1.82, 2.24) is 9.88 Å². The van der Waals surface area contributed by atoms with Crippen LogP contribution in [0.15, 0.2) is 47.1 Å². The minimum Gasteiger partial charge on any atom is -0.394 e. The topological polar surface area (TPSA) is 54.3 Å². The molecule has 0 spiro atoms. The molecule has 1 atom stereocenters. The number of aromatic nitrogens is 1. The van der Waals surface area contributed by atoms with Crippen molar-refractivity contribution in [2.24, 2.45) is 0 Å². The van der Waals surface area contributed by atoms with Gasteiger partial charge >= 0.3 is 0 Å². The fraction of sp³-hybridized carbons (Fsp3) is 0.312. The zero-order chi connectivity index (χ0) is 15.5. The van der Waals surface area contributed by atoms with Crippen molar-refractivity contribution >= 4 is 21.8 Å². The summed E-state index contributed by atoms with van der Waals surface area (Å²) in [5.74, 6) is -0.206. The van der Waals surface area contributed by atoms with E-state index in [2.05, 4.69) is 21.2 Å². The largest absolute Gasteiger partial charge is 0.394 e. The summed E-state index contributed by atoms with van der Waals surface area (Å²) in [6, 6.07) is 11.3. The Morgan fingerprint density at radius 2 is 2.05 bits per heavy atom. The molecule has 1 unspecified atom stereocenters. The molecule has 0 aliphatic heterocycles. The lowest BCUT2D eigenvalue weighted by atomic mass is 9.93. The molecule has 1 aromatic heterocycles. The Hall–Kier alpha value is -1.59. The fourth-order valence-corrected chi connectivity index (χ4v) is 2.71. The van der Waals surface area contributed by atoms with Crippen LogP contribution in [0.3, 0.4) is 0 Å². The number of rotatable bonds is 5. The van der Waals surface area contributed by atoms with Gasteiger partial charge in [0, 0.05) is 17.2 Å². The average molecular weight is 351 g/mol. The Kier molecular flexibility index (Phi) is 4.85. The van der Waals surface area contributed by atoms with E-state index in [-0.39, 0.29) is 12.5 Å². The number of amides is 1. The second-order valence-electron chi connectivity index (χ2n) is 5.14. The number of carbonyl (C=O) groups excluding carboxylic acids is 1. The minimum atomic E-state index is -0.812. The minimum absolute atomic E-state index is 0.170. The molecule has 5 heteroatoms. The zero-order valence-electron chi connectivity index (χ0n) is 12.1. The van der Waals surface area contributed by atoms with Gasteiger partial charge in [0.2, 0.25) is 0 Å². The Balaban J connectivity index is 2.28. The molecule has 1 heterocycles. The van der Waals surface area contributed by atoms with Crippen LogP contribution >= 0.6 is 15.9 Å². The third-order valence-electron chi connectivity index (χ3n) is 3.55. The first kappa shape index (κ1) is 15.8. The van der Waals surface area contributed by atoms with Crippen LogP contribution in [0.1, 0.15) is 29.9 Å². The molecule has 2 N–H and O–H groups in total. The summed E-state index contributed by atoms with van der Waals surface area (Å²) in [6.07, 6.45) is 1.87. The number of carbonyl (C=O) groups is 1. The van der Waals surface area contributed by atoms with Gasteiger partial charge in [-0.1, -0.05) is 30.3 Å². The van der Waals surface area contributed by atoms with Crippen LogP contribution in [0, 0.1) is 0 Å². The first-order valence-corrected chi connectivity index (χ1v) is 7.64. The van der Waals surface area contributed by atoms with Crippen LogP contribution in [-0.4, -0.2) is 22.2 Å². The quantitative estimate of drug-likeness (QED) is 0.870. The third kappa shape index (κ3) is 3.36. The van der Waals surface area contributed by atoms with Crippen molar-refractivity contribution in [3.8, 4) is 0 Å². The molecular formula is C16H19BrN2O2. The van der Waals surface area contributed by atoms with Gasteiger partial charge in [-0.3, -0.25) is 4.79 Å². The predicted molar refractivity (Wildman–Crippen MR) is 86.2 cm³/mol. The summed E-state index contributed by atoms with van der Waals surface area (Å²) >= 11 is 3.38. The van der Waals surface area contributed by atoms with Crippen LogP contribution in [0.25, 0.3) is 0 Å². The molecular weight excluding hydrogens is 332 g/mol. The molecule has 0 fully saturated rings. The lowest BCUT2D eigenvalue weighted by molar-refractivity contribution is 0.0840. The number of hydrogen-bond acceptors (Lipinski definition) is 2. The molecule has 0 radical (unpaired) electrons. The lowest BCUT2D eigenvalue weighted by Crippen LogP contribution is -2.46. The van der Waals surface area contributed by atoms with E-state index in [0.29, 0.717) is 12.2 Å². The van der Waals surface area contributed by atoms with E-state index in [1.54, 1.807) is 6.07 Å². The highest BCUT2D eigenvalue weighted by atomic mass is 79.9. The number of aliphatic hydroxyl groups excluding tert-OH is 1. The second-order valence-corrected chi connectivity index (χ2v) is 6.06. The van der Waals surface area contributed by atoms with Crippen molar-refractivity contribution in [2.75, 3.05) is 6.61 Å². The number of nitrogens with one attached hydrogen (secondary N) is 1. The number of hydrogen-bond donors (Lipinski definition) is 2.